The van der Waals surface area contributed by atoms with E-state index in [1.807, 2.05) is 60.8 Å². The SMILES string of the molecule is Cc1ccc(-c2ccsc2C(=O)O[C@H](C)C(=O)N2CCc3ccccc3C2)cc1. The van der Waals surface area contributed by atoms with E-state index in [1.54, 1.807) is 11.8 Å². The molecule has 0 fully saturated rings. The molecule has 0 aliphatic carbocycles. The lowest BCUT2D eigenvalue weighted by molar-refractivity contribution is -0.140. The summed E-state index contributed by atoms with van der Waals surface area (Å²) in [6, 6.07) is 18.1. The van der Waals surface area contributed by atoms with E-state index in [-0.39, 0.29) is 5.91 Å². The lowest BCUT2D eigenvalue weighted by atomic mass is 9.99. The molecule has 4 nitrogen and oxygen atoms in total. The van der Waals surface area contributed by atoms with Crippen LogP contribution >= 0.6 is 11.3 Å². The molecular formula is C24H23NO3S. The van der Waals surface area contributed by atoms with Gasteiger partial charge in [-0.25, -0.2) is 4.79 Å². The summed E-state index contributed by atoms with van der Waals surface area (Å²) in [5.74, 6) is -0.602. The first-order valence-electron chi connectivity index (χ1n) is 9.74. The number of aryl methyl sites for hydroxylation is 1. The molecule has 148 valence electrons. The molecule has 2 aromatic carbocycles. The van der Waals surface area contributed by atoms with Crippen LogP contribution in [0.4, 0.5) is 0 Å². The highest BCUT2D eigenvalue weighted by atomic mass is 32.1. The third-order valence-corrected chi connectivity index (χ3v) is 6.18. The van der Waals surface area contributed by atoms with Crippen molar-refractivity contribution >= 4 is 23.2 Å². The minimum atomic E-state index is -0.819. The van der Waals surface area contributed by atoms with Crippen LogP contribution in [0.1, 0.15) is 33.3 Å². The maximum Gasteiger partial charge on any atom is 0.349 e. The third-order valence-electron chi connectivity index (χ3n) is 5.29. The van der Waals surface area contributed by atoms with Crippen molar-refractivity contribution in [2.75, 3.05) is 6.54 Å². The van der Waals surface area contributed by atoms with E-state index in [4.69, 9.17) is 4.74 Å². The van der Waals surface area contributed by atoms with Gasteiger partial charge in [0.15, 0.2) is 6.10 Å². The Bertz CT molecular complexity index is 1040. The summed E-state index contributed by atoms with van der Waals surface area (Å²) >= 11 is 1.34. The quantitative estimate of drug-likeness (QED) is 0.583. The second-order valence-electron chi connectivity index (χ2n) is 7.36. The average molecular weight is 406 g/mol. The minimum Gasteiger partial charge on any atom is -0.448 e. The van der Waals surface area contributed by atoms with Crippen molar-refractivity contribution in [2.45, 2.75) is 32.9 Å². The first kappa shape index (κ1) is 19.4. The number of carbonyl (C=O) groups excluding carboxylic acids is 2. The van der Waals surface area contributed by atoms with Crippen LogP contribution < -0.4 is 0 Å². The van der Waals surface area contributed by atoms with Gasteiger partial charge < -0.3 is 9.64 Å². The van der Waals surface area contributed by atoms with Crippen LogP contribution in [0.5, 0.6) is 0 Å². The second kappa shape index (κ2) is 8.21. The molecule has 2 heterocycles. The predicted molar refractivity (Wildman–Crippen MR) is 115 cm³/mol. The highest BCUT2D eigenvalue weighted by Gasteiger charge is 2.28. The second-order valence-corrected chi connectivity index (χ2v) is 8.27. The minimum absolute atomic E-state index is 0.152. The maximum absolute atomic E-state index is 12.9. The van der Waals surface area contributed by atoms with Crippen LogP contribution in [-0.2, 0) is 22.5 Å². The van der Waals surface area contributed by atoms with Crippen LogP contribution in [0.3, 0.4) is 0 Å². The Hall–Kier alpha value is -2.92. The number of thiophene rings is 1. The van der Waals surface area contributed by atoms with Crippen LogP contribution in [0.15, 0.2) is 60.0 Å². The van der Waals surface area contributed by atoms with E-state index in [2.05, 4.69) is 6.07 Å². The fourth-order valence-corrected chi connectivity index (χ4v) is 4.43. The molecule has 0 radical (unpaired) electrons. The number of amides is 1. The zero-order valence-electron chi connectivity index (χ0n) is 16.6. The van der Waals surface area contributed by atoms with Gasteiger partial charge in [-0.05, 0) is 48.4 Å². The number of rotatable bonds is 4. The number of fused-ring (bicyclic) bond motifs is 1. The maximum atomic E-state index is 12.9. The average Bonchev–Trinajstić information content (AvgIpc) is 3.23. The van der Waals surface area contributed by atoms with Gasteiger partial charge in [-0.1, -0.05) is 54.1 Å². The van der Waals surface area contributed by atoms with E-state index in [0.29, 0.717) is 18.0 Å². The fraction of sp³-hybridized carbons (Fsp3) is 0.250. The molecule has 1 aromatic heterocycles. The molecule has 4 rings (SSSR count). The topological polar surface area (TPSA) is 46.6 Å². The van der Waals surface area contributed by atoms with Crippen molar-refractivity contribution in [1.82, 2.24) is 4.90 Å². The van der Waals surface area contributed by atoms with E-state index in [9.17, 15) is 9.59 Å². The lowest BCUT2D eigenvalue weighted by Crippen LogP contribution is -2.42. The van der Waals surface area contributed by atoms with Crippen LogP contribution in [-0.4, -0.2) is 29.4 Å². The Balaban J connectivity index is 1.45. The van der Waals surface area contributed by atoms with Gasteiger partial charge >= 0.3 is 5.97 Å². The molecule has 1 amide bonds. The molecule has 0 unspecified atom stereocenters. The van der Waals surface area contributed by atoms with Gasteiger partial charge in [0.2, 0.25) is 0 Å². The van der Waals surface area contributed by atoms with Crippen LogP contribution in [0, 0.1) is 6.92 Å². The van der Waals surface area contributed by atoms with Crippen molar-refractivity contribution in [3.63, 3.8) is 0 Å². The van der Waals surface area contributed by atoms with Gasteiger partial charge in [-0.15, -0.1) is 11.3 Å². The summed E-state index contributed by atoms with van der Waals surface area (Å²) in [5, 5.41) is 1.87. The van der Waals surface area contributed by atoms with Gasteiger partial charge in [-0.2, -0.15) is 0 Å². The number of esters is 1. The summed E-state index contributed by atoms with van der Waals surface area (Å²) in [7, 11) is 0. The summed E-state index contributed by atoms with van der Waals surface area (Å²) in [5.41, 5.74) is 5.41. The van der Waals surface area contributed by atoms with Crippen molar-refractivity contribution in [1.29, 1.82) is 0 Å². The Morgan fingerprint density at radius 1 is 1.03 bits per heavy atom. The van der Waals surface area contributed by atoms with Crippen molar-refractivity contribution in [2.24, 2.45) is 0 Å². The van der Waals surface area contributed by atoms with E-state index >= 15 is 0 Å². The first-order chi connectivity index (χ1) is 14.0. The van der Waals surface area contributed by atoms with Crippen molar-refractivity contribution in [3.8, 4) is 11.1 Å². The number of hydrogen-bond donors (Lipinski definition) is 0. The molecule has 1 aliphatic heterocycles. The number of hydrogen-bond acceptors (Lipinski definition) is 4. The smallest absolute Gasteiger partial charge is 0.349 e. The molecular weight excluding hydrogens is 382 g/mol. The van der Waals surface area contributed by atoms with Crippen LogP contribution in [0.25, 0.3) is 11.1 Å². The van der Waals surface area contributed by atoms with Gasteiger partial charge in [-0.3, -0.25) is 4.79 Å². The Morgan fingerprint density at radius 3 is 2.52 bits per heavy atom. The summed E-state index contributed by atoms with van der Waals surface area (Å²) < 4.78 is 5.56. The Morgan fingerprint density at radius 2 is 1.76 bits per heavy atom. The molecule has 0 bridgehead atoms. The Kier molecular flexibility index (Phi) is 5.49. The van der Waals surface area contributed by atoms with Crippen LogP contribution in [0.2, 0.25) is 0 Å². The van der Waals surface area contributed by atoms with Gasteiger partial charge in [0.25, 0.3) is 5.91 Å². The molecule has 0 saturated carbocycles. The number of nitrogens with zero attached hydrogens (tertiary/aromatic N) is 1. The molecule has 1 aliphatic rings. The fourth-order valence-electron chi connectivity index (χ4n) is 3.63. The van der Waals surface area contributed by atoms with Crippen molar-refractivity contribution in [3.05, 3.63) is 81.5 Å². The normalized spacial score (nSPS) is 14.2. The van der Waals surface area contributed by atoms with E-state index in [0.717, 1.165) is 28.7 Å². The zero-order chi connectivity index (χ0) is 20.4. The van der Waals surface area contributed by atoms with Crippen molar-refractivity contribution < 1.29 is 14.3 Å². The molecule has 1 atom stereocenters. The molecule has 3 aromatic rings. The molecule has 0 spiro atoms. The molecule has 5 heteroatoms. The highest BCUT2D eigenvalue weighted by Crippen LogP contribution is 2.29. The van der Waals surface area contributed by atoms with E-state index in [1.165, 1.54) is 16.9 Å². The molecule has 0 saturated heterocycles. The lowest BCUT2D eigenvalue weighted by Gasteiger charge is -2.30. The highest BCUT2D eigenvalue weighted by molar-refractivity contribution is 7.12. The molecule has 29 heavy (non-hydrogen) atoms. The summed E-state index contributed by atoms with van der Waals surface area (Å²) in [6.07, 6.45) is 0.00571. The number of ether oxygens (including phenoxy) is 1. The predicted octanol–water partition coefficient (Wildman–Crippen LogP) is 4.85. The first-order valence-corrected chi connectivity index (χ1v) is 10.6. The van der Waals surface area contributed by atoms with Gasteiger partial charge in [0, 0.05) is 18.7 Å². The summed E-state index contributed by atoms with van der Waals surface area (Å²) in [4.78, 5) is 27.9. The van der Waals surface area contributed by atoms with Gasteiger partial charge in [0.05, 0.1) is 0 Å². The standard InChI is InChI=1S/C24H23NO3S/c1-16-7-9-19(10-8-16)21-12-14-29-22(21)24(27)28-17(2)23(26)25-13-11-18-5-3-4-6-20(18)15-25/h3-10,12,14,17H,11,13,15H2,1-2H3/t17-/m1/s1. The van der Waals surface area contributed by atoms with Gasteiger partial charge in [0.1, 0.15) is 4.88 Å². The monoisotopic (exact) mass is 405 g/mol. The third kappa shape index (κ3) is 4.10. The number of benzene rings is 2. The summed E-state index contributed by atoms with van der Waals surface area (Å²) in [6.45, 7) is 4.88. The number of carbonyl (C=O) groups is 2. The van der Waals surface area contributed by atoms with E-state index < -0.39 is 12.1 Å². The molecule has 0 N–H and O–H groups in total. The largest absolute Gasteiger partial charge is 0.448 e. The Labute approximate surface area is 174 Å². The zero-order valence-corrected chi connectivity index (χ0v) is 17.4.